The molecular weight excluding hydrogens is 298 g/mol. The largest absolute Gasteiger partial charge is 0.396 e. The number of hydrogen-bond acceptors (Lipinski definition) is 5. The summed E-state index contributed by atoms with van der Waals surface area (Å²) >= 11 is 0. The zero-order valence-electron chi connectivity index (χ0n) is 12.1. The molecule has 1 rings (SSSR count). The predicted octanol–water partition coefficient (Wildman–Crippen LogP) is 0.698. The Labute approximate surface area is 122 Å². The van der Waals surface area contributed by atoms with Crippen molar-refractivity contribution in [2.45, 2.75) is 17.9 Å². The molecule has 6 nitrogen and oxygen atoms in total. The van der Waals surface area contributed by atoms with E-state index in [0.29, 0.717) is 11.4 Å². The molecule has 20 heavy (non-hydrogen) atoms. The van der Waals surface area contributed by atoms with Crippen LogP contribution >= 0.6 is 0 Å². The number of hydrogen-bond donors (Lipinski definition) is 2. The molecule has 0 spiro atoms. The molecule has 2 atom stereocenters. The Bertz CT molecular complexity index is 600. The van der Waals surface area contributed by atoms with Crippen LogP contribution in [0.15, 0.2) is 23.1 Å². The predicted molar refractivity (Wildman–Crippen MR) is 83.7 cm³/mol. The molecule has 3 N–H and O–H groups in total. The number of nitrogens with one attached hydrogen (secondary N) is 1. The number of rotatable bonds is 6. The molecule has 8 heteroatoms. The summed E-state index contributed by atoms with van der Waals surface area (Å²) in [6.07, 6.45) is 1.62. The van der Waals surface area contributed by atoms with Gasteiger partial charge in [-0.25, -0.2) is 12.7 Å². The number of nitrogens with two attached hydrogens (primary N) is 1. The van der Waals surface area contributed by atoms with Crippen LogP contribution in [0.2, 0.25) is 0 Å². The smallest absolute Gasteiger partial charge is 0.244 e. The summed E-state index contributed by atoms with van der Waals surface area (Å²) in [5.74, 6) is 0.462. The highest BCUT2D eigenvalue weighted by atomic mass is 32.2. The third-order valence-corrected chi connectivity index (χ3v) is 5.55. The quantitative estimate of drug-likeness (QED) is 0.753. The van der Waals surface area contributed by atoms with E-state index in [-0.39, 0.29) is 16.6 Å². The highest BCUT2D eigenvalue weighted by Crippen LogP contribution is 2.28. The van der Waals surface area contributed by atoms with Crippen molar-refractivity contribution in [1.29, 1.82) is 0 Å². The molecule has 0 fully saturated rings. The van der Waals surface area contributed by atoms with Gasteiger partial charge in [-0.15, -0.1) is 0 Å². The average molecular weight is 319 g/mol. The van der Waals surface area contributed by atoms with Gasteiger partial charge in [0.15, 0.2) is 0 Å². The van der Waals surface area contributed by atoms with Gasteiger partial charge in [-0.3, -0.25) is 4.21 Å². The van der Waals surface area contributed by atoms with E-state index >= 15 is 0 Å². The van der Waals surface area contributed by atoms with E-state index in [0.717, 1.165) is 4.31 Å². The molecule has 0 aliphatic carbocycles. The van der Waals surface area contributed by atoms with Crippen LogP contribution in [-0.2, 0) is 20.8 Å². The fraction of sp³-hybridized carbons (Fsp3) is 0.500. The highest BCUT2D eigenvalue weighted by Gasteiger charge is 2.22. The maximum Gasteiger partial charge on any atom is 0.244 e. The molecule has 1 aromatic rings. The molecule has 0 bridgehead atoms. The van der Waals surface area contributed by atoms with Crippen molar-refractivity contribution in [3.8, 4) is 0 Å². The average Bonchev–Trinajstić information content (AvgIpc) is 2.30. The first-order valence-corrected chi connectivity index (χ1v) is 9.20. The first kappa shape index (κ1) is 16.9. The Kier molecular flexibility index (Phi) is 5.55. The SMILES string of the molecule is CC(CS(C)=O)Nc1cccc(S(=O)(=O)N(C)C)c1N. The van der Waals surface area contributed by atoms with Gasteiger partial charge in [0.25, 0.3) is 0 Å². The van der Waals surface area contributed by atoms with Crippen LogP contribution in [0, 0.1) is 0 Å². The number of para-hydroxylation sites is 1. The Morgan fingerprint density at radius 3 is 2.50 bits per heavy atom. The normalized spacial score (nSPS) is 15.1. The summed E-state index contributed by atoms with van der Waals surface area (Å²) in [5, 5.41) is 3.09. The molecule has 0 aliphatic heterocycles. The van der Waals surface area contributed by atoms with Gasteiger partial charge < -0.3 is 11.1 Å². The molecular formula is C12H21N3O3S2. The molecule has 0 aliphatic rings. The molecule has 1 aromatic carbocycles. The number of nitrogen functional groups attached to an aromatic ring is 1. The van der Waals surface area contributed by atoms with Crippen LogP contribution in [0.1, 0.15) is 6.92 Å². The van der Waals surface area contributed by atoms with E-state index in [4.69, 9.17) is 5.73 Å². The van der Waals surface area contributed by atoms with Crippen molar-refractivity contribution < 1.29 is 12.6 Å². The maximum absolute atomic E-state index is 12.1. The van der Waals surface area contributed by atoms with E-state index in [1.54, 1.807) is 18.4 Å². The minimum Gasteiger partial charge on any atom is -0.396 e. The second kappa shape index (κ2) is 6.55. The highest BCUT2D eigenvalue weighted by molar-refractivity contribution is 7.89. The van der Waals surface area contributed by atoms with Crippen molar-refractivity contribution >= 4 is 32.2 Å². The Hall–Kier alpha value is -1.12. The van der Waals surface area contributed by atoms with Gasteiger partial charge in [-0.1, -0.05) is 6.07 Å². The molecule has 0 radical (unpaired) electrons. The van der Waals surface area contributed by atoms with Crippen molar-refractivity contribution in [1.82, 2.24) is 4.31 Å². The van der Waals surface area contributed by atoms with Gasteiger partial charge in [0.2, 0.25) is 10.0 Å². The number of nitrogens with zero attached hydrogens (tertiary/aromatic N) is 1. The van der Waals surface area contributed by atoms with E-state index in [1.165, 1.54) is 20.2 Å². The van der Waals surface area contributed by atoms with Gasteiger partial charge in [0.1, 0.15) is 4.90 Å². The zero-order chi connectivity index (χ0) is 15.5. The van der Waals surface area contributed by atoms with E-state index in [1.807, 2.05) is 6.92 Å². The summed E-state index contributed by atoms with van der Waals surface area (Å²) in [6, 6.07) is 4.74. The number of benzene rings is 1. The lowest BCUT2D eigenvalue weighted by Crippen LogP contribution is -2.25. The standard InChI is InChI=1S/C12H21N3O3S2/c1-9(8-19(4)16)14-10-6-5-7-11(12(10)13)20(17,18)15(2)3/h5-7,9,14H,8,13H2,1-4H3. The molecule has 0 amide bonds. The fourth-order valence-electron chi connectivity index (χ4n) is 1.75. The Morgan fingerprint density at radius 2 is 2.00 bits per heavy atom. The fourth-order valence-corrected chi connectivity index (χ4v) is 3.57. The second-order valence-electron chi connectivity index (χ2n) is 4.79. The summed E-state index contributed by atoms with van der Waals surface area (Å²) in [5.41, 5.74) is 6.65. The van der Waals surface area contributed by atoms with Crippen LogP contribution in [0.5, 0.6) is 0 Å². The molecule has 0 aromatic heterocycles. The van der Waals surface area contributed by atoms with E-state index in [9.17, 15) is 12.6 Å². The summed E-state index contributed by atoms with van der Waals surface area (Å²) in [6.45, 7) is 1.87. The molecule has 0 saturated heterocycles. The summed E-state index contributed by atoms with van der Waals surface area (Å²) in [4.78, 5) is 0.0670. The van der Waals surface area contributed by atoms with E-state index < -0.39 is 20.8 Å². The van der Waals surface area contributed by atoms with Crippen LogP contribution < -0.4 is 11.1 Å². The van der Waals surface area contributed by atoms with Crippen molar-refractivity contribution in [2.75, 3.05) is 37.2 Å². The van der Waals surface area contributed by atoms with Gasteiger partial charge >= 0.3 is 0 Å². The zero-order valence-corrected chi connectivity index (χ0v) is 13.7. The van der Waals surface area contributed by atoms with Gasteiger partial charge in [0.05, 0.1) is 11.4 Å². The first-order chi connectivity index (χ1) is 9.16. The molecule has 114 valence electrons. The maximum atomic E-state index is 12.1. The minimum absolute atomic E-state index is 0.0670. The van der Waals surface area contributed by atoms with Gasteiger partial charge in [-0.2, -0.15) is 0 Å². The van der Waals surface area contributed by atoms with Crippen molar-refractivity contribution in [3.63, 3.8) is 0 Å². The van der Waals surface area contributed by atoms with Crippen LogP contribution in [0.25, 0.3) is 0 Å². The summed E-state index contributed by atoms with van der Waals surface area (Å²) in [7, 11) is -1.60. The minimum atomic E-state index is -3.58. The Balaban J connectivity index is 3.11. The summed E-state index contributed by atoms with van der Waals surface area (Å²) < 4.78 is 36.6. The lowest BCUT2D eigenvalue weighted by Gasteiger charge is -2.19. The van der Waals surface area contributed by atoms with Crippen LogP contribution in [0.3, 0.4) is 0 Å². The van der Waals surface area contributed by atoms with Gasteiger partial charge in [0, 0.05) is 42.9 Å². The van der Waals surface area contributed by atoms with Gasteiger partial charge in [-0.05, 0) is 19.1 Å². The lowest BCUT2D eigenvalue weighted by atomic mass is 10.2. The van der Waals surface area contributed by atoms with Crippen LogP contribution in [0.4, 0.5) is 11.4 Å². The second-order valence-corrected chi connectivity index (χ2v) is 8.39. The third-order valence-electron chi connectivity index (χ3n) is 2.71. The number of anilines is 2. The lowest BCUT2D eigenvalue weighted by molar-refractivity contribution is 0.521. The monoisotopic (exact) mass is 319 g/mol. The molecule has 0 heterocycles. The molecule has 0 saturated carbocycles. The van der Waals surface area contributed by atoms with Crippen molar-refractivity contribution in [2.24, 2.45) is 0 Å². The number of sulfonamides is 1. The topological polar surface area (TPSA) is 92.5 Å². The van der Waals surface area contributed by atoms with E-state index in [2.05, 4.69) is 5.32 Å². The molecule has 2 unspecified atom stereocenters. The van der Waals surface area contributed by atoms with Crippen LogP contribution in [-0.4, -0.2) is 49.1 Å². The third kappa shape index (κ3) is 3.94. The van der Waals surface area contributed by atoms with Crippen molar-refractivity contribution in [3.05, 3.63) is 18.2 Å². The Morgan fingerprint density at radius 1 is 1.40 bits per heavy atom. The first-order valence-electron chi connectivity index (χ1n) is 6.04.